The van der Waals surface area contributed by atoms with Crippen LogP contribution in [-0.4, -0.2) is 41.8 Å². The van der Waals surface area contributed by atoms with Gasteiger partial charge in [-0.1, -0.05) is 12.1 Å². The molecule has 0 bridgehead atoms. The van der Waals surface area contributed by atoms with E-state index in [9.17, 15) is 13.6 Å². The number of nitrogens with two attached hydrogens (primary N) is 1. The summed E-state index contributed by atoms with van der Waals surface area (Å²) in [5.41, 5.74) is 6.25. The lowest BCUT2D eigenvalue weighted by molar-refractivity contribution is -0.00681. The van der Waals surface area contributed by atoms with Crippen molar-refractivity contribution in [2.24, 2.45) is 0 Å². The van der Waals surface area contributed by atoms with Gasteiger partial charge in [0.25, 0.3) is 6.43 Å². The molecule has 1 amide bonds. The molecular weight excluding hydrogens is 340 g/mol. The summed E-state index contributed by atoms with van der Waals surface area (Å²) in [5.74, 6) is 0. The number of piperazine rings is 1. The van der Waals surface area contributed by atoms with Gasteiger partial charge in [0.1, 0.15) is 5.60 Å². The van der Waals surface area contributed by atoms with E-state index in [-0.39, 0.29) is 17.3 Å². The normalized spacial score (nSPS) is 21.2. The lowest BCUT2D eigenvalue weighted by Crippen LogP contribution is -2.63. The zero-order chi connectivity index (χ0) is 19.7. The van der Waals surface area contributed by atoms with Crippen molar-refractivity contribution in [2.75, 3.05) is 25.4 Å². The molecule has 0 spiro atoms. The van der Waals surface area contributed by atoms with Gasteiger partial charge < -0.3 is 15.8 Å². The third-order valence-corrected chi connectivity index (χ3v) is 4.75. The summed E-state index contributed by atoms with van der Waals surface area (Å²) in [6.45, 7) is 11.0. The standard InChI is InChI=1S/C19H29F2N3O2/c1-12-13(6-7-14(15(12)22)16(20)21)10-19(5)11-23-8-9-24(19)17(25)26-18(2,3)4/h6-7,16,23H,8-11,22H2,1-5H3/t19-/m0/s1. The highest BCUT2D eigenvalue weighted by Crippen LogP contribution is 2.32. The van der Waals surface area contributed by atoms with Gasteiger partial charge in [0.2, 0.25) is 0 Å². The van der Waals surface area contributed by atoms with Crippen molar-refractivity contribution in [2.45, 2.75) is 58.6 Å². The monoisotopic (exact) mass is 369 g/mol. The first-order valence-corrected chi connectivity index (χ1v) is 8.82. The molecule has 146 valence electrons. The molecule has 1 aromatic carbocycles. The Labute approximate surface area is 153 Å². The maximum Gasteiger partial charge on any atom is 0.410 e. The van der Waals surface area contributed by atoms with Crippen molar-refractivity contribution in [1.82, 2.24) is 10.2 Å². The number of hydrogen-bond donors (Lipinski definition) is 2. The summed E-state index contributed by atoms with van der Waals surface area (Å²) in [7, 11) is 0. The topological polar surface area (TPSA) is 67.6 Å². The Morgan fingerprint density at radius 3 is 2.65 bits per heavy atom. The average molecular weight is 369 g/mol. The highest BCUT2D eigenvalue weighted by atomic mass is 19.3. The van der Waals surface area contributed by atoms with Crippen LogP contribution in [0.1, 0.15) is 50.8 Å². The molecule has 5 nitrogen and oxygen atoms in total. The first-order chi connectivity index (χ1) is 11.9. The van der Waals surface area contributed by atoms with E-state index in [4.69, 9.17) is 10.5 Å². The number of ether oxygens (including phenoxy) is 1. The van der Waals surface area contributed by atoms with Crippen LogP contribution in [0.4, 0.5) is 19.3 Å². The van der Waals surface area contributed by atoms with E-state index in [0.717, 1.165) is 5.56 Å². The first kappa shape index (κ1) is 20.4. The zero-order valence-corrected chi connectivity index (χ0v) is 16.2. The number of anilines is 1. The van der Waals surface area contributed by atoms with E-state index in [0.29, 0.717) is 31.6 Å². The molecule has 0 unspecified atom stereocenters. The van der Waals surface area contributed by atoms with Crippen LogP contribution in [0.25, 0.3) is 0 Å². The minimum absolute atomic E-state index is 0.119. The Balaban J connectivity index is 2.30. The number of nitrogens with zero attached hydrogens (tertiary/aromatic N) is 1. The lowest BCUT2D eigenvalue weighted by atomic mass is 9.86. The highest BCUT2D eigenvalue weighted by Gasteiger charge is 2.40. The van der Waals surface area contributed by atoms with Gasteiger partial charge in [-0.2, -0.15) is 0 Å². The van der Waals surface area contributed by atoms with Gasteiger partial charge in [0.05, 0.1) is 5.54 Å². The van der Waals surface area contributed by atoms with E-state index in [1.54, 1.807) is 17.9 Å². The fourth-order valence-electron chi connectivity index (χ4n) is 3.29. The maximum atomic E-state index is 13.0. The van der Waals surface area contributed by atoms with Gasteiger partial charge in [0, 0.05) is 30.9 Å². The van der Waals surface area contributed by atoms with Gasteiger partial charge in [-0.3, -0.25) is 4.90 Å². The van der Waals surface area contributed by atoms with Crippen LogP contribution in [0.15, 0.2) is 12.1 Å². The molecule has 3 N–H and O–H groups in total. The summed E-state index contributed by atoms with van der Waals surface area (Å²) in [5, 5.41) is 3.31. The molecular formula is C19H29F2N3O2. The number of halogens is 2. The largest absolute Gasteiger partial charge is 0.444 e. The second-order valence-corrected chi connectivity index (χ2v) is 8.14. The summed E-state index contributed by atoms with van der Waals surface area (Å²) in [6.07, 6.45) is -2.47. The van der Waals surface area contributed by atoms with Crippen molar-refractivity contribution in [1.29, 1.82) is 0 Å². The fourth-order valence-corrected chi connectivity index (χ4v) is 3.29. The van der Waals surface area contributed by atoms with Crippen LogP contribution >= 0.6 is 0 Å². The summed E-state index contributed by atoms with van der Waals surface area (Å²) in [6, 6.07) is 3.06. The molecule has 1 saturated heterocycles. The molecule has 0 radical (unpaired) electrons. The van der Waals surface area contributed by atoms with E-state index < -0.39 is 17.6 Å². The van der Waals surface area contributed by atoms with Crippen LogP contribution in [-0.2, 0) is 11.2 Å². The lowest BCUT2D eigenvalue weighted by Gasteiger charge is -2.45. The maximum absolute atomic E-state index is 13.0. The van der Waals surface area contributed by atoms with Gasteiger partial charge in [0.15, 0.2) is 0 Å². The van der Waals surface area contributed by atoms with Gasteiger partial charge in [-0.15, -0.1) is 0 Å². The summed E-state index contributed by atoms with van der Waals surface area (Å²) < 4.78 is 31.6. The van der Waals surface area contributed by atoms with Crippen LogP contribution in [0.5, 0.6) is 0 Å². The van der Waals surface area contributed by atoms with E-state index >= 15 is 0 Å². The second-order valence-electron chi connectivity index (χ2n) is 8.14. The average Bonchev–Trinajstić information content (AvgIpc) is 2.50. The predicted octanol–water partition coefficient (Wildman–Crippen LogP) is 3.66. The van der Waals surface area contributed by atoms with Crippen LogP contribution in [0, 0.1) is 6.92 Å². The van der Waals surface area contributed by atoms with Crippen molar-refractivity contribution >= 4 is 11.8 Å². The van der Waals surface area contributed by atoms with Gasteiger partial charge >= 0.3 is 6.09 Å². The second kappa shape index (κ2) is 7.39. The first-order valence-electron chi connectivity index (χ1n) is 8.82. The van der Waals surface area contributed by atoms with Crippen LogP contribution in [0.2, 0.25) is 0 Å². The molecule has 0 aliphatic carbocycles. The van der Waals surface area contributed by atoms with E-state index in [1.165, 1.54) is 6.07 Å². The molecule has 1 aromatic rings. The molecule has 1 fully saturated rings. The van der Waals surface area contributed by atoms with Crippen molar-refractivity contribution in [3.05, 3.63) is 28.8 Å². The van der Waals surface area contributed by atoms with Crippen molar-refractivity contribution < 1.29 is 18.3 Å². The molecule has 2 rings (SSSR count). The number of amides is 1. The number of benzene rings is 1. The Morgan fingerprint density at radius 2 is 2.08 bits per heavy atom. The highest BCUT2D eigenvalue weighted by molar-refractivity contribution is 5.69. The minimum atomic E-state index is -2.60. The Morgan fingerprint density at radius 1 is 1.42 bits per heavy atom. The van der Waals surface area contributed by atoms with Crippen molar-refractivity contribution in [3.8, 4) is 0 Å². The quantitative estimate of drug-likeness (QED) is 0.798. The van der Waals surface area contributed by atoms with E-state index in [2.05, 4.69) is 5.32 Å². The Hall–Kier alpha value is -1.89. The van der Waals surface area contributed by atoms with E-state index in [1.807, 2.05) is 27.7 Å². The third-order valence-electron chi connectivity index (χ3n) is 4.75. The molecule has 1 aliphatic rings. The molecule has 0 saturated carbocycles. The summed E-state index contributed by atoms with van der Waals surface area (Å²) >= 11 is 0. The third kappa shape index (κ3) is 4.44. The Bertz CT molecular complexity index is 673. The molecule has 7 heteroatoms. The van der Waals surface area contributed by atoms with Gasteiger partial charge in [-0.25, -0.2) is 13.6 Å². The number of hydrogen-bond acceptors (Lipinski definition) is 4. The zero-order valence-electron chi connectivity index (χ0n) is 16.2. The fraction of sp³-hybridized carbons (Fsp3) is 0.632. The van der Waals surface area contributed by atoms with Crippen molar-refractivity contribution in [3.63, 3.8) is 0 Å². The number of nitrogens with one attached hydrogen (secondary N) is 1. The smallest absolute Gasteiger partial charge is 0.410 e. The number of carbonyl (C=O) groups is 1. The molecule has 1 aliphatic heterocycles. The van der Waals surface area contributed by atoms with Crippen LogP contribution in [0.3, 0.4) is 0 Å². The van der Waals surface area contributed by atoms with Gasteiger partial charge in [-0.05, 0) is 52.2 Å². The molecule has 0 aromatic heterocycles. The summed E-state index contributed by atoms with van der Waals surface area (Å²) in [4.78, 5) is 14.4. The minimum Gasteiger partial charge on any atom is -0.444 e. The molecule has 1 atom stereocenters. The Kier molecular flexibility index (Phi) is 5.80. The molecule has 26 heavy (non-hydrogen) atoms. The SMILES string of the molecule is Cc1c(C[C@@]2(C)CNCCN2C(=O)OC(C)(C)C)ccc(C(F)F)c1N. The number of rotatable bonds is 3. The number of carbonyl (C=O) groups excluding carboxylic acids is 1. The van der Waals surface area contributed by atoms with Crippen LogP contribution < -0.4 is 11.1 Å². The molecule has 1 heterocycles. The number of nitrogen functional groups attached to an aromatic ring is 1. The predicted molar refractivity (Wildman–Crippen MR) is 98.5 cm³/mol. The number of alkyl halides is 2.